The lowest BCUT2D eigenvalue weighted by Gasteiger charge is -2.13. The average Bonchev–Trinajstić information content (AvgIpc) is 3.18. The summed E-state index contributed by atoms with van der Waals surface area (Å²) >= 11 is 6.01. The van der Waals surface area contributed by atoms with Crippen molar-refractivity contribution in [2.45, 2.75) is 13.0 Å². The molecule has 0 saturated heterocycles. The van der Waals surface area contributed by atoms with Crippen molar-refractivity contribution < 1.29 is 28.2 Å². The maximum absolute atomic E-state index is 12.0. The molecule has 1 heterocycles. The molecular weight excluding hydrogens is 376 g/mol. The molecule has 2 N–H and O–H groups in total. The molecule has 0 radical (unpaired) electrons. The Bertz CT molecular complexity index is 763. The van der Waals surface area contributed by atoms with Crippen LogP contribution in [0.3, 0.4) is 0 Å². The normalized spacial score (nSPS) is 10.3. The summed E-state index contributed by atoms with van der Waals surface area (Å²) in [6.45, 7) is 1.08. The molecule has 2 amide bonds. The number of amides is 2. The van der Waals surface area contributed by atoms with Crippen LogP contribution in [0.2, 0.25) is 5.02 Å². The Morgan fingerprint density at radius 3 is 2.59 bits per heavy atom. The zero-order valence-corrected chi connectivity index (χ0v) is 15.8. The van der Waals surface area contributed by atoms with E-state index in [1.165, 1.54) is 26.4 Å². The molecule has 8 nitrogen and oxygen atoms in total. The van der Waals surface area contributed by atoms with Gasteiger partial charge in [-0.25, -0.2) is 0 Å². The van der Waals surface area contributed by atoms with Gasteiger partial charge in [0.05, 0.1) is 31.2 Å². The number of benzene rings is 1. The predicted octanol–water partition coefficient (Wildman–Crippen LogP) is 2.61. The smallest absolute Gasteiger partial charge is 0.313 e. The molecule has 2 rings (SSSR count). The summed E-state index contributed by atoms with van der Waals surface area (Å²) in [5.74, 6) is -0.202. The van der Waals surface area contributed by atoms with Gasteiger partial charge in [-0.05, 0) is 18.6 Å². The highest BCUT2D eigenvalue weighted by Gasteiger charge is 2.17. The number of methoxy groups -OCH3 is 2. The minimum atomic E-state index is -0.825. The fourth-order valence-corrected chi connectivity index (χ4v) is 2.39. The van der Waals surface area contributed by atoms with Crippen molar-refractivity contribution in [3.63, 3.8) is 0 Å². The molecule has 0 atom stereocenters. The van der Waals surface area contributed by atoms with Crippen LogP contribution in [0.4, 0.5) is 5.69 Å². The number of ether oxygens (including phenoxy) is 3. The summed E-state index contributed by atoms with van der Waals surface area (Å²) in [5, 5.41) is 5.32. The van der Waals surface area contributed by atoms with Crippen LogP contribution < -0.4 is 20.1 Å². The lowest BCUT2D eigenvalue weighted by molar-refractivity contribution is -0.136. The number of furan rings is 1. The van der Waals surface area contributed by atoms with Gasteiger partial charge in [0.15, 0.2) is 0 Å². The van der Waals surface area contributed by atoms with Gasteiger partial charge in [-0.3, -0.25) is 9.59 Å². The minimum Gasteiger partial charge on any atom is -0.495 e. The first-order chi connectivity index (χ1) is 13.0. The largest absolute Gasteiger partial charge is 0.495 e. The summed E-state index contributed by atoms with van der Waals surface area (Å²) in [7, 11) is 2.87. The average molecular weight is 397 g/mol. The van der Waals surface area contributed by atoms with Gasteiger partial charge < -0.3 is 29.3 Å². The second kappa shape index (κ2) is 10.4. The molecular formula is C18H21ClN2O6. The molecule has 146 valence electrons. The van der Waals surface area contributed by atoms with E-state index in [0.717, 1.165) is 5.76 Å². The number of anilines is 1. The molecule has 0 aliphatic rings. The molecule has 0 aliphatic carbocycles. The summed E-state index contributed by atoms with van der Waals surface area (Å²) in [6, 6.07) is 6.56. The minimum absolute atomic E-state index is 0.278. The highest BCUT2D eigenvalue weighted by Crippen LogP contribution is 2.35. The monoisotopic (exact) mass is 396 g/mol. The van der Waals surface area contributed by atoms with Gasteiger partial charge in [0.2, 0.25) is 0 Å². The van der Waals surface area contributed by atoms with Gasteiger partial charge in [0.1, 0.15) is 23.9 Å². The second-order valence-corrected chi connectivity index (χ2v) is 5.79. The van der Waals surface area contributed by atoms with Gasteiger partial charge in [0, 0.05) is 25.3 Å². The molecule has 1 aromatic heterocycles. The molecule has 0 unspecified atom stereocenters. The van der Waals surface area contributed by atoms with Crippen LogP contribution in [0.5, 0.6) is 11.5 Å². The van der Waals surface area contributed by atoms with Crippen LogP contribution in [0.1, 0.15) is 12.2 Å². The third-order valence-corrected chi connectivity index (χ3v) is 3.80. The molecule has 1 aromatic carbocycles. The molecule has 0 aliphatic heterocycles. The molecule has 0 fully saturated rings. The third kappa shape index (κ3) is 6.19. The van der Waals surface area contributed by atoms with E-state index in [4.69, 9.17) is 30.2 Å². The molecule has 0 spiro atoms. The summed E-state index contributed by atoms with van der Waals surface area (Å²) in [4.78, 5) is 24.0. The lowest BCUT2D eigenvalue weighted by Crippen LogP contribution is -2.36. The maximum Gasteiger partial charge on any atom is 0.313 e. The number of hydrogen-bond donors (Lipinski definition) is 2. The van der Waals surface area contributed by atoms with Crippen LogP contribution >= 0.6 is 11.6 Å². The zero-order valence-electron chi connectivity index (χ0n) is 15.0. The Balaban J connectivity index is 1.76. The molecule has 27 heavy (non-hydrogen) atoms. The van der Waals surface area contributed by atoms with E-state index in [9.17, 15) is 9.59 Å². The van der Waals surface area contributed by atoms with Crippen LogP contribution in [0.25, 0.3) is 0 Å². The fraction of sp³-hybridized carbons (Fsp3) is 0.333. The quantitative estimate of drug-likeness (QED) is 0.499. The topological polar surface area (TPSA) is 99.0 Å². The van der Waals surface area contributed by atoms with Gasteiger partial charge in [-0.15, -0.1) is 0 Å². The Hall–Kier alpha value is -2.71. The standard InChI is InChI=1S/C18H21ClN2O6/c1-24-15-10-14(16(25-2)9-13(15)19)21-18(23)17(22)20-6-4-7-26-11-12-5-3-8-27-12/h3,5,8-10H,4,6-7,11H2,1-2H3,(H,20,22)(H,21,23). The van der Waals surface area contributed by atoms with E-state index in [-0.39, 0.29) is 5.69 Å². The summed E-state index contributed by atoms with van der Waals surface area (Å²) in [5.41, 5.74) is 0.278. The fourth-order valence-electron chi connectivity index (χ4n) is 2.16. The lowest BCUT2D eigenvalue weighted by atomic mass is 10.2. The number of hydrogen-bond acceptors (Lipinski definition) is 6. The van der Waals surface area contributed by atoms with E-state index in [0.29, 0.717) is 42.7 Å². The van der Waals surface area contributed by atoms with Crippen molar-refractivity contribution in [2.75, 3.05) is 32.7 Å². The predicted molar refractivity (Wildman–Crippen MR) is 99.2 cm³/mol. The maximum atomic E-state index is 12.0. The van der Waals surface area contributed by atoms with E-state index in [1.54, 1.807) is 12.3 Å². The number of rotatable bonds is 9. The Morgan fingerprint density at radius 1 is 1.15 bits per heavy atom. The first-order valence-corrected chi connectivity index (χ1v) is 8.53. The molecule has 0 saturated carbocycles. The van der Waals surface area contributed by atoms with Gasteiger partial charge in [-0.1, -0.05) is 11.6 Å². The number of carbonyl (C=O) groups excluding carboxylic acids is 2. The summed E-state index contributed by atoms with van der Waals surface area (Å²) in [6.07, 6.45) is 2.13. The van der Waals surface area contributed by atoms with E-state index >= 15 is 0 Å². The zero-order chi connectivity index (χ0) is 19.6. The van der Waals surface area contributed by atoms with Crippen molar-refractivity contribution in [3.05, 3.63) is 41.3 Å². The van der Waals surface area contributed by atoms with Gasteiger partial charge in [0.25, 0.3) is 0 Å². The number of carbonyl (C=O) groups is 2. The third-order valence-electron chi connectivity index (χ3n) is 3.50. The van der Waals surface area contributed by atoms with E-state index < -0.39 is 11.8 Å². The first kappa shape index (κ1) is 20.6. The van der Waals surface area contributed by atoms with Crippen LogP contribution in [-0.2, 0) is 20.9 Å². The van der Waals surface area contributed by atoms with Crippen molar-refractivity contribution in [1.29, 1.82) is 0 Å². The van der Waals surface area contributed by atoms with Gasteiger partial charge >= 0.3 is 11.8 Å². The first-order valence-electron chi connectivity index (χ1n) is 8.16. The van der Waals surface area contributed by atoms with Gasteiger partial charge in [-0.2, -0.15) is 0 Å². The Labute approximate surface area is 161 Å². The Kier molecular flexibility index (Phi) is 7.97. The van der Waals surface area contributed by atoms with E-state index in [1.807, 2.05) is 6.07 Å². The van der Waals surface area contributed by atoms with Crippen molar-refractivity contribution in [3.8, 4) is 11.5 Å². The molecule has 9 heteroatoms. The Morgan fingerprint density at radius 2 is 1.93 bits per heavy atom. The van der Waals surface area contributed by atoms with E-state index in [2.05, 4.69) is 10.6 Å². The van der Waals surface area contributed by atoms with Crippen LogP contribution in [0, 0.1) is 0 Å². The van der Waals surface area contributed by atoms with Crippen molar-refractivity contribution >= 4 is 29.1 Å². The highest BCUT2D eigenvalue weighted by atomic mass is 35.5. The number of nitrogens with one attached hydrogen (secondary N) is 2. The van der Waals surface area contributed by atoms with Crippen molar-refractivity contribution in [2.24, 2.45) is 0 Å². The SMILES string of the molecule is COc1cc(NC(=O)C(=O)NCCCOCc2ccco2)c(OC)cc1Cl. The van der Waals surface area contributed by atoms with Crippen LogP contribution in [0.15, 0.2) is 34.9 Å². The van der Waals surface area contributed by atoms with Crippen LogP contribution in [-0.4, -0.2) is 39.2 Å². The second-order valence-electron chi connectivity index (χ2n) is 5.38. The highest BCUT2D eigenvalue weighted by molar-refractivity contribution is 6.40. The molecule has 2 aromatic rings. The van der Waals surface area contributed by atoms with Crippen molar-refractivity contribution in [1.82, 2.24) is 5.32 Å². The number of halogens is 1. The molecule has 0 bridgehead atoms. The summed E-state index contributed by atoms with van der Waals surface area (Å²) < 4.78 is 20.8.